The van der Waals surface area contributed by atoms with E-state index in [2.05, 4.69) is 10.6 Å². The Balaban J connectivity index is 1.54. The average molecular weight is 428 g/mol. The van der Waals surface area contributed by atoms with Crippen molar-refractivity contribution in [3.8, 4) is 5.75 Å². The van der Waals surface area contributed by atoms with Gasteiger partial charge in [0.25, 0.3) is 5.91 Å². The maximum atomic E-state index is 12.9. The van der Waals surface area contributed by atoms with Gasteiger partial charge in [0.15, 0.2) is 6.10 Å². The molecule has 1 atom stereocenters. The molecule has 3 amide bonds. The molecule has 1 fully saturated rings. The van der Waals surface area contributed by atoms with Crippen LogP contribution in [0.3, 0.4) is 0 Å². The molecule has 0 aromatic heterocycles. The lowest BCUT2D eigenvalue weighted by Crippen LogP contribution is -2.44. The van der Waals surface area contributed by atoms with Gasteiger partial charge in [-0.25, -0.2) is 4.79 Å². The van der Waals surface area contributed by atoms with Crippen LogP contribution in [-0.4, -0.2) is 24.1 Å². The zero-order chi connectivity index (χ0) is 21.1. The van der Waals surface area contributed by atoms with Gasteiger partial charge in [-0.1, -0.05) is 49.1 Å². The van der Waals surface area contributed by atoms with E-state index in [9.17, 15) is 9.59 Å². The number of halogens is 1. The van der Waals surface area contributed by atoms with Crippen molar-refractivity contribution in [1.29, 1.82) is 0 Å². The van der Waals surface area contributed by atoms with Crippen molar-refractivity contribution in [1.82, 2.24) is 5.32 Å². The van der Waals surface area contributed by atoms with E-state index in [-0.39, 0.29) is 18.0 Å². The van der Waals surface area contributed by atoms with Crippen molar-refractivity contribution < 1.29 is 14.3 Å². The monoisotopic (exact) mass is 427 g/mol. The van der Waals surface area contributed by atoms with Crippen LogP contribution in [0.15, 0.2) is 42.5 Å². The topological polar surface area (TPSA) is 70.7 Å². The number of nitrogens with one attached hydrogen (secondary N) is 2. The van der Waals surface area contributed by atoms with E-state index in [1.54, 1.807) is 36.1 Å². The van der Waals surface area contributed by atoms with Crippen molar-refractivity contribution >= 4 is 34.9 Å². The maximum absolute atomic E-state index is 12.9. The van der Waals surface area contributed by atoms with Gasteiger partial charge in [-0.3, -0.25) is 4.79 Å². The highest BCUT2D eigenvalue weighted by molar-refractivity contribution is 6.31. The number of urea groups is 1. The number of rotatable bonds is 4. The van der Waals surface area contributed by atoms with Gasteiger partial charge in [0, 0.05) is 16.8 Å². The lowest BCUT2D eigenvalue weighted by molar-refractivity contribution is -0.125. The molecule has 4 rings (SSSR count). The van der Waals surface area contributed by atoms with Crippen molar-refractivity contribution in [2.75, 3.05) is 10.2 Å². The van der Waals surface area contributed by atoms with E-state index in [1.165, 1.54) is 6.42 Å². The van der Waals surface area contributed by atoms with E-state index >= 15 is 0 Å². The summed E-state index contributed by atoms with van der Waals surface area (Å²) in [5.74, 6) is 0.457. The highest BCUT2D eigenvalue weighted by Gasteiger charge is 2.32. The number of carbonyl (C=O) groups is 2. The number of nitrogens with zero attached hydrogens (tertiary/aromatic N) is 1. The summed E-state index contributed by atoms with van der Waals surface area (Å²) < 4.78 is 5.77. The Kier molecular flexibility index (Phi) is 6.13. The summed E-state index contributed by atoms with van der Waals surface area (Å²) in [5.41, 5.74) is 2.08. The molecule has 158 valence electrons. The molecule has 2 aromatic carbocycles. The SMILES string of the molecule is CC1Oc2ccc(NC(=O)NC3CCCCC3)cc2N(Cc2ccccc2Cl)C1=O. The van der Waals surface area contributed by atoms with Gasteiger partial charge in [0.1, 0.15) is 5.75 Å². The number of hydrogen-bond donors (Lipinski definition) is 2. The van der Waals surface area contributed by atoms with Gasteiger partial charge in [-0.05, 0) is 49.6 Å². The van der Waals surface area contributed by atoms with Crippen LogP contribution in [0.5, 0.6) is 5.75 Å². The quantitative estimate of drug-likeness (QED) is 0.712. The predicted octanol–water partition coefficient (Wildman–Crippen LogP) is 5.11. The molecule has 1 aliphatic heterocycles. The molecule has 0 bridgehead atoms. The number of hydrogen-bond acceptors (Lipinski definition) is 3. The molecule has 0 spiro atoms. The zero-order valence-corrected chi connectivity index (χ0v) is 17.7. The van der Waals surface area contributed by atoms with Crippen LogP contribution in [-0.2, 0) is 11.3 Å². The third kappa shape index (κ3) is 4.54. The molecule has 2 aliphatic rings. The molecule has 0 radical (unpaired) electrons. The molecule has 2 aromatic rings. The summed E-state index contributed by atoms with van der Waals surface area (Å²) in [6, 6.07) is 12.8. The summed E-state index contributed by atoms with van der Waals surface area (Å²) >= 11 is 6.31. The Labute approximate surface area is 181 Å². The Morgan fingerprint density at radius 1 is 1.17 bits per heavy atom. The number of amides is 3. The fourth-order valence-corrected chi connectivity index (χ4v) is 4.24. The molecule has 2 N–H and O–H groups in total. The third-order valence-corrected chi connectivity index (χ3v) is 6.02. The van der Waals surface area contributed by atoms with Gasteiger partial charge >= 0.3 is 6.03 Å². The second kappa shape index (κ2) is 8.96. The molecule has 1 saturated carbocycles. The van der Waals surface area contributed by atoms with Gasteiger partial charge < -0.3 is 20.3 Å². The van der Waals surface area contributed by atoms with Crippen LogP contribution in [0.4, 0.5) is 16.2 Å². The minimum atomic E-state index is -0.589. The first kappa shape index (κ1) is 20.5. The van der Waals surface area contributed by atoms with Gasteiger partial charge in [0.05, 0.1) is 12.2 Å². The number of ether oxygens (including phenoxy) is 1. The molecule has 0 saturated heterocycles. The van der Waals surface area contributed by atoms with E-state index in [0.29, 0.717) is 28.7 Å². The summed E-state index contributed by atoms with van der Waals surface area (Å²) in [5, 5.41) is 6.54. The van der Waals surface area contributed by atoms with E-state index in [1.807, 2.05) is 18.2 Å². The molecule has 1 unspecified atom stereocenters. The summed E-state index contributed by atoms with van der Waals surface area (Å²) in [7, 11) is 0. The fraction of sp³-hybridized carbons (Fsp3) is 0.391. The molecule has 1 aliphatic carbocycles. The Bertz CT molecular complexity index is 943. The standard InChI is InChI=1S/C23H26ClN3O3/c1-15-22(28)27(14-16-7-5-6-10-19(16)24)20-13-18(11-12-21(20)30-15)26-23(29)25-17-8-3-2-4-9-17/h5-7,10-13,15,17H,2-4,8-9,14H2,1H3,(H2,25,26,29). The minimum Gasteiger partial charge on any atom is -0.479 e. The highest BCUT2D eigenvalue weighted by Crippen LogP contribution is 2.37. The highest BCUT2D eigenvalue weighted by atomic mass is 35.5. The number of carbonyl (C=O) groups excluding carboxylic acids is 2. The normalized spacial score (nSPS) is 19.1. The largest absolute Gasteiger partial charge is 0.479 e. The number of anilines is 2. The molecule has 1 heterocycles. The maximum Gasteiger partial charge on any atom is 0.319 e. The summed E-state index contributed by atoms with van der Waals surface area (Å²) in [4.78, 5) is 27.0. The minimum absolute atomic E-state index is 0.147. The van der Waals surface area contributed by atoms with Crippen LogP contribution in [0, 0.1) is 0 Å². The molecular formula is C23H26ClN3O3. The Hall–Kier alpha value is -2.73. The van der Waals surface area contributed by atoms with Crippen LogP contribution in [0.25, 0.3) is 0 Å². The Morgan fingerprint density at radius 3 is 2.70 bits per heavy atom. The zero-order valence-electron chi connectivity index (χ0n) is 17.0. The van der Waals surface area contributed by atoms with E-state index in [0.717, 1.165) is 31.2 Å². The second-order valence-corrected chi connectivity index (χ2v) is 8.30. The molecule has 6 nitrogen and oxygen atoms in total. The van der Waals surface area contributed by atoms with Crippen LogP contribution >= 0.6 is 11.6 Å². The van der Waals surface area contributed by atoms with Crippen LogP contribution in [0.1, 0.15) is 44.6 Å². The lowest BCUT2D eigenvalue weighted by Gasteiger charge is -2.33. The third-order valence-electron chi connectivity index (χ3n) is 5.65. The lowest BCUT2D eigenvalue weighted by atomic mass is 9.96. The smallest absolute Gasteiger partial charge is 0.319 e. The number of benzene rings is 2. The van der Waals surface area contributed by atoms with Gasteiger partial charge in [-0.2, -0.15) is 0 Å². The first-order valence-corrected chi connectivity index (χ1v) is 10.8. The van der Waals surface area contributed by atoms with E-state index < -0.39 is 6.10 Å². The van der Waals surface area contributed by atoms with Crippen LogP contribution in [0.2, 0.25) is 5.02 Å². The predicted molar refractivity (Wildman–Crippen MR) is 118 cm³/mol. The second-order valence-electron chi connectivity index (χ2n) is 7.89. The first-order valence-electron chi connectivity index (χ1n) is 10.4. The summed E-state index contributed by atoms with van der Waals surface area (Å²) in [6.45, 7) is 2.06. The Morgan fingerprint density at radius 2 is 1.93 bits per heavy atom. The van der Waals surface area contributed by atoms with Crippen molar-refractivity contribution in [3.05, 3.63) is 53.1 Å². The van der Waals surface area contributed by atoms with Crippen molar-refractivity contribution in [2.45, 2.75) is 57.7 Å². The molecular weight excluding hydrogens is 402 g/mol. The molecule has 30 heavy (non-hydrogen) atoms. The van der Waals surface area contributed by atoms with Crippen molar-refractivity contribution in [3.63, 3.8) is 0 Å². The van der Waals surface area contributed by atoms with Gasteiger partial charge in [-0.15, -0.1) is 0 Å². The van der Waals surface area contributed by atoms with Crippen LogP contribution < -0.4 is 20.3 Å². The number of fused-ring (bicyclic) bond motifs is 1. The molecule has 7 heteroatoms. The van der Waals surface area contributed by atoms with Gasteiger partial charge in [0.2, 0.25) is 0 Å². The fourth-order valence-electron chi connectivity index (χ4n) is 4.04. The van der Waals surface area contributed by atoms with E-state index in [4.69, 9.17) is 16.3 Å². The average Bonchev–Trinajstić information content (AvgIpc) is 2.74. The van der Waals surface area contributed by atoms with Crippen molar-refractivity contribution in [2.24, 2.45) is 0 Å². The first-order chi connectivity index (χ1) is 14.5. The summed E-state index contributed by atoms with van der Waals surface area (Å²) in [6.07, 6.45) is 4.98.